The van der Waals surface area contributed by atoms with Crippen LogP contribution in [0.3, 0.4) is 0 Å². The molecule has 0 unspecified atom stereocenters. The molecule has 1 aliphatic rings. The Morgan fingerprint density at radius 3 is 2.86 bits per heavy atom. The predicted molar refractivity (Wildman–Crippen MR) is 25.2 cm³/mol. The maximum atomic E-state index is 8.21. The molecule has 0 fully saturated rings. The third-order valence-corrected chi connectivity index (χ3v) is 0.670. The van der Waals surface area contributed by atoms with E-state index in [0.29, 0.717) is 5.76 Å². The highest BCUT2D eigenvalue weighted by Gasteiger charge is 1.96. The second-order valence-electron chi connectivity index (χ2n) is 1.14. The Morgan fingerprint density at radius 2 is 2.57 bits per heavy atom. The number of rotatable bonds is 0. The number of hydrogen-bond donors (Lipinski definition) is 1. The first-order valence-electron chi connectivity index (χ1n) is 1.94. The number of ether oxygens (including phenoxy) is 1. The summed E-state index contributed by atoms with van der Waals surface area (Å²) >= 11 is 0. The zero-order valence-electron chi connectivity index (χ0n) is 3.66. The number of aliphatic hydroxyl groups excluding tert-OH is 1. The van der Waals surface area contributed by atoms with Crippen LogP contribution in [0.4, 0.5) is 0 Å². The number of hydrogen-bond acceptors (Lipinski definition) is 2. The lowest BCUT2D eigenvalue weighted by Gasteiger charge is -1.89. The van der Waals surface area contributed by atoms with Gasteiger partial charge in [0.2, 0.25) is 0 Å². The molecule has 2 heteroatoms. The third kappa shape index (κ3) is 0.738. The first kappa shape index (κ1) is 4.24. The van der Waals surface area contributed by atoms with Gasteiger partial charge in [-0.2, -0.15) is 0 Å². The standard InChI is InChI=1S/C5H5O2/c6-4-5-2-1-3-7-5/h1-4,6H/b5-4-. The summed E-state index contributed by atoms with van der Waals surface area (Å²) in [4.78, 5) is 0. The van der Waals surface area contributed by atoms with Gasteiger partial charge < -0.3 is 9.84 Å². The van der Waals surface area contributed by atoms with Gasteiger partial charge in [-0.25, -0.2) is 0 Å². The van der Waals surface area contributed by atoms with Gasteiger partial charge in [-0.1, -0.05) is 0 Å². The lowest BCUT2D eigenvalue weighted by molar-refractivity contribution is 0.316. The van der Waals surface area contributed by atoms with Crippen LogP contribution in [0.15, 0.2) is 24.2 Å². The molecule has 0 aromatic carbocycles. The molecule has 2 nitrogen and oxygen atoms in total. The maximum Gasteiger partial charge on any atom is 0.158 e. The molecule has 1 heterocycles. The molecule has 0 bridgehead atoms. The van der Waals surface area contributed by atoms with E-state index >= 15 is 0 Å². The average molecular weight is 97.1 g/mol. The van der Waals surface area contributed by atoms with E-state index in [9.17, 15) is 0 Å². The summed E-state index contributed by atoms with van der Waals surface area (Å²) < 4.78 is 4.68. The van der Waals surface area contributed by atoms with Crippen molar-refractivity contribution in [1.82, 2.24) is 0 Å². The lowest BCUT2D eigenvalue weighted by Crippen LogP contribution is -1.72. The summed E-state index contributed by atoms with van der Waals surface area (Å²) in [6.45, 7) is 1.50. The fourth-order valence-corrected chi connectivity index (χ4v) is 0.365. The highest BCUT2D eigenvalue weighted by molar-refractivity contribution is 5.18. The Balaban J connectivity index is 2.59. The molecule has 0 saturated heterocycles. The van der Waals surface area contributed by atoms with Gasteiger partial charge in [0.25, 0.3) is 0 Å². The highest BCUT2D eigenvalue weighted by atomic mass is 16.5. The lowest BCUT2D eigenvalue weighted by atomic mass is 10.5. The van der Waals surface area contributed by atoms with Crippen molar-refractivity contribution in [2.75, 3.05) is 0 Å². The van der Waals surface area contributed by atoms with Crippen molar-refractivity contribution in [2.45, 2.75) is 0 Å². The van der Waals surface area contributed by atoms with Crippen LogP contribution in [0.5, 0.6) is 0 Å². The molecule has 7 heavy (non-hydrogen) atoms. The molecule has 0 aromatic heterocycles. The van der Waals surface area contributed by atoms with Crippen LogP contribution >= 0.6 is 0 Å². The molecule has 0 spiro atoms. The minimum absolute atomic E-state index is 0.486. The van der Waals surface area contributed by atoms with Crippen LogP contribution in [0, 0.1) is 6.61 Å². The minimum atomic E-state index is 0.486. The van der Waals surface area contributed by atoms with Crippen LogP contribution in [0.1, 0.15) is 0 Å². The van der Waals surface area contributed by atoms with E-state index < -0.39 is 0 Å². The van der Waals surface area contributed by atoms with Gasteiger partial charge >= 0.3 is 0 Å². The van der Waals surface area contributed by atoms with Crippen molar-refractivity contribution in [2.24, 2.45) is 0 Å². The topological polar surface area (TPSA) is 29.5 Å². The molecule has 0 amide bonds. The average Bonchev–Trinajstić information content (AvgIpc) is 2.14. The fourth-order valence-electron chi connectivity index (χ4n) is 0.365. The van der Waals surface area contributed by atoms with Gasteiger partial charge in [-0.15, -0.1) is 0 Å². The summed E-state index contributed by atoms with van der Waals surface area (Å²) in [6, 6.07) is 0. The predicted octanol–water partition coefficient (Wildman–Crippen LogP) is 1.13. The van der Waals surface area contributed by atoms with E-state index in [2.05, 4.69) is 4.74 Å². The van der Waals surface area contributed by atoms with Gasteiger partial charge in [0.15, 0.2) is 12.4 Å². The number of allylic oxidation sites excluding steroid dienone is 1. The van der Waals surface area contributed by atoms with Crippen molar-refractivity contribution in [3.05, 3.63) is 30.8 Å². The van der Waals surface area contributed by atoms with Crippen LogP contribution in [-0.4, -0.2) is 5.11 Å². The second kappa shape index (κ2) is 1.69. The quantitative estimate of drug-likeness (QED) is 0.459. The van der Waals surface area contributed by atoms with E-state index in [4.69, 9.17) is 5.11 Å². The minimum Gasteiger partial charge on any atom is -0.512 e. The van der Waals surface area contributed by atoms with E-state index in [1.165, 1.54) is 6.61 Å². The molecule has 0 saturated carbocycles. The highest BCUT2D eigenvalue weighted by Crippen LogP contribution is 2.08. The molecular weight excluding hydrogens is 92.1 g/mol. The van der Waals surface area contributed by atoms with E-state index in [0.717, 1.165) is 6.26 Å². The zero-order chi connectivity index (χ0) is 5.11. The molecule has 0 atom stereocenters. The van der Waals surface area contributed by atoms with Crippen molar-refractivity contribution < 1.29 is 9.84 Å². The summed E-state index contributed by atoms with van der Waals surface area (Å²) in [7, 11) is 0. The van der Waals surface area contributed by atoms with Crippen LogP contribution in [-0.2, 0) is 4.74 Å². The number of aliphatic hydroxyl groups is 1. The van der Waals surface area contributed by atoms with Crippen molar-refractivity contribution in [1.29, 1.82) is 0 Å². The molecule has 1 N–H and O–H groups in total. The summed E-state index contributed by atoms with van der Waals surface area (Å²) in [5.41, 5.74) is 0. The largest absolute Gasteiger partial charge is 0.512 e. The van der Waals surface area contributed by atoms with Crippen molar-refractivity contribution >= 4 is 0 Å². The molecular formula is C5H5O2. The molecule has 1 aliphatic heterocycles. The van der Waals surface area contributed by atoms with E-state index in [1.807, 2.05) is 0 Å². The summed E-state index contributed by atoms with van der Waals surface area (Å²) in [6.07, 6.45) is 4.29. The Hall–Kier alpha value is -0.920. The van der Waals surface area contributed by atoms with E-state index in [-0.39, 0.29) is 0 Å². The van der Waals surface area contributed by atoms with Gasteiger partial charge in [-0.05, 0) is 12.2 Å². The SMILES string of the molecule is O/C=C1/C=C[CH]O1. The second-order valence-corrected chi connectivity index (χ2v) is 1.14. The van der Waals surface area contributed by atoms with Crippen molar-refractivity contribution in [3.63, 3.8) is 0 Å². The van der Waals surface area contributed by atoms with Gasteiger partial charge in [0.1, 0.15) is 6.26 Å². The molecule has 1 rings (SSSR count). The zero-order valence-corrected chi connectivity index (χ0v) is 3.66. The smallest absolute Gasteiger partial charge is 0.158 e. The van der Waals surface area contributed by atoms with Crippen LogP contribution < -0.4 is 0 Å². The van der Waals surface area contributed by atoms with Crippen LogP contribution in [0.25, 0.3) is 0 Å². The van der Waals surface area contributed by atoms with Crippen molar-refractivity contribution in [3.8, 4) is 0 Å². The molecule has 37 valence electrons. The monoisotopic (exact) mass is 97.0 g/mol. The molecule has 0 aromatic rings. The Kier molecular flexibility index (Phi) is 1.02. The third-order valence-electron chi connectivity index (χ3n) is 0.670. The van der Waals surface area contributed by atoms with Crippen LogP contribution in [0.2, 0.25) is 0 Å². The Bertz CT molecular complexity index is 110. The van der Waals surface area contributed by atoms with Gasteiger partial charge in [0.05, 0.1) is 0 Å². The first-order valence-corrected chi connectivity index (χ1v) is 1.94. The van der Waals surface area contributed by atoms with Gasteiger partial charge in [-0.3, -0.25) is 0 Å². The fraction of sp³-hybridized carbons (Fsp3) is 0. The first-order chi connectivity index (χ1) is 3.43. The summed E-state index contributed by atoms with van der Waals surface area (Å²) in [5, 5.41) is 8.21. The van der Waals surface area contributed by atoms with Gasteiger partial charge in [0, 0.05) is 0 Å². The Labute approximate surface area is 41.7 Å². The normalized spacial score (nSPS) is 23.1. The maximum absolute atomic E-state index is 8.21. The van der Waals surface area contributed by atoms with E-state index in [1.54, 1.807) is 12.2 Å². The molecule has 1 radical (unpaired) electrons. The Morgan fingerprint density at radius 1 is 1.71 bits per heavy atom. The molecule has 0 aliphatic carbocycles. The summed E-state index contributed by atoms with van der Waals surface area (Å²) in [5.74, 6) is 0.486.